The van der Waals surface area contributed by atoms with Gasteiger partial charge in [-0.3, -0.25) is 4.79 Å². The molecule has 1 aliphatic rings. The fourth-order valence-corrected chi connectivity index (χ4v) is 3.97. The molecule has 1 N–H and O–H groups in total. The lowest BCUT2D eigenvalue weighted by molar-refractivity contribution is -0.149. The molecule has 0 bridgehead atoms. The number of aliphatic hydroxyl groups is 1. The van der Waals surface area contributed by atoms with Crippen molar-refractivity contribution in [1.29, 1.82) is 0 Å². The van der Waals surface area contributed by atoms with Gasteiger partial charge >= 0.3 is 5.97 Å². The summed E-state index contributed by atoms with van der Waals surface area (Å²) in [7, 11) is -1.68. The lowest BCUT2D eigenvalue weighted by Gasteiger charge is -2.36. The van der Waals surface area contributed by atoms with Crippen LogP contribution in [0.25, 0.3) is 0 Å². The van der Waals surface area contributed by atoms with Crippen molar-refractivity contribution in [1.82, 2.24) is 0 Å². The Bertz CT molecular complexity index is 390. The van der Waals surface area contributed by atoms with Crippen molar-refractivity contribution in [3.05, 3.63) is 0 Å². The van der Waals surface area contributed by atoms with Crippen LogP contribution in [0.1, 0.15) is 85.0 Å². The van der Waals surface area contributed by atoms with Gasteiger partial charge in [0, 0.05) is 13.0 Å². The number of esters is 1. The molecule has 5 heteroatoms. The summed E-state index contributed by atoms with van der Waals surface area (Å²) in [5, 5.41) is 10.5. The van der Waals surface area contributed by atoms with Crippen molar-refractivity contribution >= 4 is 14.3 Å². The third kappa shape index (κ3) is 9.20. The molecule has 0 amide bonds. The highest BCUT2D eigenvalue weighted by atomic mass is 28.4. The van der Waals surface area contributed by atoms with Gasteiger partial charge in [0.1, 0.15) is 6.10 Å². The molecule has 25 heavy (non-hydrogen) atoms. The van der Waals surface area contributed by atoms with Gasteiger partial charge in [0.2, 0.25) is 0 Å². The van der Waals surface area contributed by atoms with Gasteiger partial charge in [0.25, 0.3) is 0 Å². The van der Waals surface area contributed by atoms with Gasteiger partial charge in [0.15, 0.2) is 8.32 Å². The number of carbonyl (C=O) groups is 1. The third-order valence-electron chi connectivity index (χ3n) is 5.73. The van der Waals surface area contributed by atoms with Crippen molar-refractivity contribution < 1.29 is 19.1 Å². The highest BCUT2D eigenvalue weighted by Gasteiger charge is 2.36. The number of carbonyl (C=O) groups excluding carboxylic acids is 1. The van der Waals surface area contributed by atoms with Crippen LogP contribution in [0.4, 0.5) is 0 Å². The SMILES string of the molecule is CC(C)(C)[Si](C)(C)OCCCC(O)CCC1CCCCCCC(=O)O1. The van der Waals surface area contributed by atoms with E-state index in [0.717, 1.165) is 51.6 Å². The molecule has 2 atom stereocenters. The second-order valence-corrected chi connectivity index (χ2v) is 13.9. The van der Waals surface area contributed by atoms with Crippen LogP contribution in [0, 0.1) is 0 Å². The largest absolute Gasteiger partial charge is 0.462 e. The molecule has 0 aliphatic carbocycles. The standard InChI is InChI=1S/C20H40O4Si/c1-20(2,3)25(4,5)23-16-10-11-17(21)14-15-18-12-8-6-7-9-13-19(22)24-18/h17-18,21H,6-16H2,1-5H3. The fourth-order valence-electron chi connectivity index (χ4n) is 2.89. The van der Waals surface area contributed by atoms with Gasteiger partial charge in [-0.2, -0.15) is 0 Å². The minimum Gasteiger partial charge on any atom is -0.462 e. The Labute approximate surface area is 155 Å². The maximum atomic E-state index is 11.7. The summed E-state index contributed by atoms with van der Waals surface area (Å²) < 4.78 is 11.7. The van der Waals surface area contributed by atoms with E-state index >= 15 is 0 Å². The van der Waals surface area contributed by atoms with Crippen LogP contribution in [-0.4, -0.2) is 38.2 Å². The second kappa shape index (κ2) is 10.7. The van der Waals surface area contributed by atoms with Gasteiger partial charge in [0.05, 0.1) is 6.10 Å². The molecule has 0 aromatic heterocycles. The van der Waals surface area contributed by atoms with Crippen LogP contribution in [0.5, 0.6) is 0 Å². The summed E-state index contributed by atoms with van der Waals surface area (Å²) in [4.78, 5) is 11.7. The molecule has 0 radical (unpaired) electrons. The minimum atomic E-state index is -1.68. The lowest BCUT2D eigenvalue weighted by Crippen LogP contribution is -2.41. The predicted octanol–water partition coefficient (Wildman–Crippen LogP) is 5.20. The first-order valence-corrected chi connectivity index (χ1v) is 13.0. The highest BCUT2D eigenvalue weighted by Crippen LogP contribution is 2.36. The van der Waals surface area contributed by atoms with E-state index in [9.17, 15) is 9.90 Å². The number of rotatable bonds is 8. The fraction of sp³-hybridized carbons (Fsp3) is 0.950. The molecule has 148 valence electrons. The molecule has 1 fully saturated rings. The van der Waals surface area contributed by atoms with E-state index in [1.165, 1.54) is 6.42 Å². The Morgan fingerprint density at radius 1 is 1.20 bits per heavy atom. The molecule has 4 nitrogen and oxygen atoms in total. The van der Waals surface area contributed by atoms with E-state index in [4.69, 9.17) is 9.16 Å². The Kier molecular flexibility index (Phi) is 9.68. The average molecular weight is 373 g/mol. The molecule has 1 rings (SSSR count). The highest BCUT2D eigenvalue weighted by molar-refractivity contribution is 6.74. The number of cyclic esters (lactones) is 1. The molecular weight excluding hydrogens is 332 g/mol. The summed E-state index contributed by atoms with van der Waals surface area (Å²) in [6, 6.07) is 0. The van der Waals surface area contributed by atoms with Gasteiger partial charge in [-0.1, -0.05) is 33.6 Å². The van der Waals surface area contributed by atoms with E-state index in [-0.39, 0.29) is 23.2 Å². The van der Waals surface area contributed by atoms with Crippen LogP contribution in [0.15, 0.2) is 0 Å². The summed E-state index contributed by atoms with van der Waals surface area (Å²) in [6.45, 7) is 12.0. The van der Waals surface area contributed by atoms with E-state index in [0.29, 0.717) is 12.8 Å². The summed E-state index contributed by atoms with van der Waals surface area (Å²) >= 11 is 0. The van der Waals surface area contributed by atoms with Gasteiger partial charge in [-0.05, 0) is 63.1 Å². The van der Waals surface area contributed by atoms with Crippen molar-refractivity contribution in [3.63, 3.8) is 0 Å². The van der Waals surface area contributed by atoms with Gasteiger partial charge < -0.3 is 14.3 Å². The Morgan fingerprint density at radius 3 is 2.56 bits per heavy atom. The Balaban J connectivity index is 2.23. The average Bonchev–Trinajstić information content (AvgIpc) is 2.60. The van der Waals surface area contributed by atoms with E-state index < -0.39 is 8.32 Å². The molecule has 0 aromatic carbocycles. The van der Waals surface area contributed by atoms with E-state index in [1.807, 2.05) is 0 Å². The second-order valence-electron chi connectivity index (χ2n) is 9.05. The van der Waals surface area contributed by atoms with E-state index in [2.05, 4.69) is 33.9 Å². The molecule has 0 saturated carbocycles. The van der Waals surface area contributed by atoms with Crippen LogP contribution in [-0.2, 0) is 14.0 Å². The normalized spacial score (nSPS) is 21.8. The van der Waals surface area contributed by atoms with Crippen LogP contribution in [0.3, 0.4) is 0 Å². The number of hydrogen-bond donors (Lipinski definition) is 1. The summed E-state index contributed by atoms with van der Waals surface area (Å²) in [6.07, 6.45) is 8.65. The first kappa shape index (κ1) is 22.6. The number of ether oxygens (including phenoxy) is 1. The Hall–Kier alpha value is -0.393. The van der Waals surface area contributed by atoms with Gasteiger partial charge in [-0.25, -0.2) is 0 Å². The molecule has 0 spiro atoms. The quantitative estimate of drug-likeness (QED) is 0.362. The molecule has 2 unspecified atom stereocenters. The van der Waals surface area contributed by atoms with E-state index in [1.54, 1.807) is 0 Å². The molecular formula is C20H40O4Si. The first-order chi connectivity index (χ1) is 11.6. The lowest BCUT2D eigenvalue weighted by atomic mass is 10.0. The van der Waals surface area contributed by atoms with Crippen LogP contribution in [0.2, 0.25) is 18.1 Å². The zero-order valence-electron chi connectivity index (χ0n) is 17.1. The maximum Gasteiger partial charge on any atom is 0.306 e. The van der Waals surface area contributed by atoms with Crippen molar-refractivity contribution in [2.45, 2.75) is 115 Å². The molecule has 0 aromatic rings. The maximum absolute atomic E-state index is 11.7. The topological polar surface area (TPSA) is 55.8 Å². The van der Waals surface area contributed by atoms with Crippen molar-refractivity contribution in [3.8, 4) is 0 Å². The summed E-state index contributed by atoms with van der Waals surface area (Å²) in [5.74, 6) is -0.0656. The van der Waals surface area contributed by atoms with Crippen molar-refractivity contribution in [2.24, 2.45) is 0 Å². The third-order valence-corrected chi connectivity index (χ3v) is 10.3. The molecule has 1 aliphatic heterocycles. The smallest absolute Gasteiger partial charge is 0.306 e. The van der Waals surface area contributed by atoms with Crippen LogP contribution < -0.4 is 0 Å². The minimum absolute atomic E-state index is 0.0104. The monoisotopic (exact) mass is 372 g/mol. The number of aliphatic hydroxyl groups excluding tert-OH is 1. The van der Waals surface area contributed by atoms with Crippen LogP contribution >= 0.6 is 0 Å². The summed E-state index contributed by atoms with van der Waals surface area (Å²) in [5.41, 5.74) is 0. The molecule has 1 saturated heterocycles. The predicted molar refractivity (Wildman–Crippen MR) is 105 cm³/mol. The zero-order valence-corrected chi connectivity index (χ0v) is 18.1. The number of hydrogen-bond acceptors (Lipinski definition) is 4. The first-order valence-electron chi connectivity index (χ1n) is 10.1. The van der Waals surface area contributed by atoms with Crippen molar-refractivity contribution in [2.75, 3.05) is 6.61 Å². The molecule has 1 heterocycles. The van der Waals surface area contributed by atoms with Gasteiger partial charge in [-0.15, -0.1) is 0 Å². The zero-order chi connectivity index (χ0) is 18.9. The Morgan fingerprint density at radius 2 is 1.88 bits per heavy atom.